The monoisotopic (exact) mass is 412 g/mol. The summed E-state index contributed by atoms with van der Waals surface area (Å²) >= 11 is 0. The number of benzene rings is 1. The summed E-state index contributed by atoms with van der Waals surface area (Å²) in [7, 11) is 0. The van der Waals surface area contributed by atoms with E-state index >= 15 is 0 Å². The van der Waals surface area contributed by atoms with Gasteiger partial charge in [-0.05, 0) is 52.6 Å². The van der Waals surface area contributed by atoms with Crippen molar-refractivity contribution in [3.05, 3.63) is 120 Å². The summed E-state index contributed by atoms with van der Waals surface area (Å²) in [5, 5.41) is 2.69. The second-order valence-electron chi connectivity index (χ2n) is 7.24. The van der Waals surface area contributed by atoms with Crippen molar-refractivity contribution in [3.8, 4) is 0 Å². The number of carbonyl (C=O) groups is 1. The maximum atomic E-state index is 13.7. The third-order valence-electron chi connectivity index (χ3n) is 5.10. The van der Waals surface area contributed by atoms with Crippen LogP contribution in [0.1, 0.15) is 41.0 Å². The number of nitrogens with zero attached hydrogens (tertiary/aromatic N) is 3. The Balaban J connectivity index is 1.87. The van der Waals surface area contributed by atoms with E-state index in [1.807, 2.05) is 42.7 Å². The molecule has 1 aromatic carbocycles. The van der Waals surface area contributed by atoms with E-state index < -0.39 is 0 Å². The molecule has 0 bridgehead atoms. The highest BCUT2D eigenvalue weighted by Crippen LogP contribution is 2.42. The minimum Gasteiger partial charge on any atom is -0.311 e. The summed E-state index contributed by atoms with van der Waals surface area (Å²) in [4.78, 5) is 24.4. The van der Waals surface area contributed by atoms with Gasteiger partial charge in [0.25, 0.3) is 0 Å². The van der Waals surface area contributed by atoms with Crippen molar-refractivity contribution in [2.75, 3.05) is 5.32 Å². The molecule has 5 nitrogen and oxygen atoms in total. The fourth-order valence-electron chi connectivity index (χ4n) is 3.79. The first-order valence-corrected chi connectivity index (χ1v) is 9.90. The van der Waals surface area contributed by atoms with Crippen LogP contribution in [0.15, 0.2) is 91.6 Å². The van der Waals surface area contributed by atoms with Crippen molar-refractivity contribution in [3.63, 3.8) is 0 Å². The van der Waals surface area contributed by atoms with Gasteiger partial charge in [0.05, 0.1) is 0 Å². The summed E-state index contributed by atoms with van der Waals surface area (Å²) in [6.45, 7) is 1.44. The summed E-state index contributed by atoms with van der Waals surface area (Å²) in [5.74, 6) is -0.289. The maximum absolute atomic E-state index is 13.7. The predicted molar refractivity (Wildman–Crippen MR) is 117 cm³/mol. The van der Waals surface area contributed by atoms with Crippen LogP contribution < -0.4 is 5.32 Å². The van der Waals surface area contributed by atoms with E-state index in [2.05, 4.69) is 20.3 Å². The molecule has 0 saturated carbocycles. The van der Waals surface area contributed by atoms with Gasteiger partial charge in [0.2, 0.25) is 5.91 Å². The Morgan fingerprint density at radius 3 is 1.81 bits per heavy atom. The molecule has 31 heavy (non-hydrogen) atoms. The van der Waals surface area contributed by atoms with E-state index in [0.29, 0.717) is 5.82 Å². The van der Waals surface area contributed by atoms with Crippen molar-refractivity contribution in [1.29, 1.82) is 0 Å². The zero-order chi connectivity index (χ0) is 21.6. The van der Waals surface area contributed by atoms with Crippen LogP contribution in [0.25, 0.3) is 0 Å². The fourth-order valence-corrected chi connectivity index (χ4v) is 3.79. The lowest BCUT2D eigenvalue weighted by atomic mass is 9.75. The SMILES string of the molecule is CC(=O)Nc1ccc(C(c2ccc(F)cc2)C(c2cccnc2)c2cccnc2)cn1. The van der Waals surface area contributed by atoms with Crippen LogP contribution >= 0.6 is 0 Å². The summed E-state index contributed by atoms with van der Waals surface area (Å²) < 4.78 is 13.7. The van der Waals surface area contributed by atoms with E-state index in [9.17, 15) is 9.18 Å². The molecule has 0 radical (unpaired) electrons. The number of hydrogen-bond acceptors (Lipinski definition) is 4. The van der Waals surface area contributed by atoms with Gasteiger partial charge in [0.15, 0.2) is 0 Å². The summed E-state index contributed by atoms with van der Waals surface area (Å²) in [6.07, 6.45) is 8.90. The maximum Gasteiger partial charge on any atom is 0.222 e. The first-order chi connectivity index (χ1) is 15.1. The Morgan fingerprint density at radius 1 is 0.774 bits per heavy atom. The number of amides is 1. The second kappa shape index (κ2) is 9.26. The van der Waals surface area contributed by atoms with E-state index in [1.165, 1.54) is 19.1 Å². The Hall–Kier alpha value is -3.93. The molecule has 0 spiro atoms. The van der Waals surface area contributed by atoms with Crippen LogP contribution in [0.4, 0.5) is 10.2 Å². The van der Waals surface area contributed by atoms with Crippen LogP contribution in [-0.4, -0.2) is 20.9 Å². The molecule has 0 aliphatic carbocycles. The van der Waals surface area contributed by atoms with Crippen molar-refractivity contribution in [1.82, 2.24) is 15.0 Å². The van der Waals surface area contributed by atoms with E-state index in [4.69, 9.17) is 0 Å². The number of carbonyl (C=O) groups excluding carboxylic acids is 1. The fraction of sp³-hybridized carbons (Fsp3) is 0.120. The lowest BCUT2D eigenvalue weighted by Gasteiger charge is -2.28. The first kappa shape index (κ1) is 20.3. The molecule has 1 amide bonds. The molecular weight excluding hydrogens is 391 g/mol. The van der Waals surface area contributed by atoms with Gasteiger partial charge in [0, 0.05) is 49.7 Å². The molecule has 1 atom stereocenters. The highest BCUT2D eigenvalue weighted by atomic mass is 19.1. The number of aromatic nitrogens is 3. The van der Waals surface area contributed by atoms with E-state index in [1.54, 1.807) is 36.8 Å². The number of nitrogens with one attached hydrogen (secondary N) is 1. The average Bonchev–Trinajstić information content (AvgIpc) is 2.80. The molecule has 1 N–H and O–H groups in total. The van der Waals surface area contributed by atoms with Crippen molar-refractivity contribution < 1.29 is 9.18 Å². The van der Waals surface area contributed by atoms with Gasteiger partial charge in [-0.15, -0.1) is 0 Å². The van der Waals surface area contributed by atoms with Gasteiger partial charge in [-0.1, -0.05) is 30.3 Å². The van der Waals surface area contributed by atoms with Gasteiger partial charge in [0.1, 0.15) is 11.6 Å². The van der Waals surface area contributed by atoms with Gasteiger partial charge >= 0.3 is 0 Å². The summed E-state index contributed by atoms with van der Waals surface area (Å²) in [6, 6.07) is 18.1. The minimum absolute atomic E-state index is 0.124. The smallest absolute Gasteiger partial charge is 0.222 e. The lowest BCUT2D eigenvalue weighted by molar-refractivity contribution is -0.114. The molecule has 6 heteroatoms. The quantitative estimate of drug-likeness (QED) is 0.487. The van der Waals surface area contributed by atoms with Gasteiger partial charge in [-0.3, -0.25) is 14.8 Å². The van der Waals surface area contributed by atoms with Crippen LogP contribution in [0.2, 0.25) is 0 Å². The molecular formula is C25H21FN4O. The van der Waals surface area contributed by atoms with Crippen LogP contribution in [-0.2, 0) is 4.79 Å². The first-order valence-electron chi connectivity index (χ1n) is 9.90. The largest absolute Gasteiger partial charge is 0.311 e. The number of halogens is 1. The number of anilines is 1. The number of rotatable bonds is 6. The topological polar surface area (TPSA) is 67.8 Å². The highest BCUT2D eigenvalue weighted by Gasteiger charge is 2.29. The van der Waals surface area contributed by atoms with Gasteiger partial charge in [-0.2, -0.15) is 0 Å². The molecule has 4 aromatic rings. The Labute approximate surface area is 180 Å². The third kappa shape index (κ3) is 4.80. The van der Waals surface area contributed by atoms with Crippen molar-refractivity contribution in [2.45, 2.75) is 18.8 Å². The molecule has 4 rings (SSSR count). The molecule has 0 fully saturated rings. The molecule has 0 saturated heterocycles. The number of hydrogen-bond donors (Lipinski definition) is 1. The molecule has 3 aromatic heterocycles. The molecule has 0 aliphatic heterocycles. The van der Waals surface area contributed by atoms with Crippen LogP contribution in [0.5, 0.6) is 0 Å². The number of pyridine rings is 3. The van der Waals surface area contributed by atoms with Gasteiger partial charge in [-0.25, -0.2) is 9.37 Å². The van der Waals surface area contributed by atoms with Crippen LogP contribution in [0.3, 0.4) is 0 Å². The van der Waals surface area contributed by atoms with Crippen molar-refractivity contribution in [2.24, 2.45) is 0 Å². The Bertz CT molecular complexity index is 1090. The standard InChI is InChI=1S/C25H21FN4O/c1-17(31)30-23-11-8-21(16-29-23)24(18-6-9-22(26)10-7-18)25(19-4-2-12-27-14-19)20-5-3-13-28-15-20/h2-16,24-25H,1H3,(H,29,30,31). The zero-order valence-electron chi connectivity index (χ0n) is 16.9. The zero-order valence-corrected chi connectivity index (χ0v) is 16.9. The van der Waals surface area contributed by atoms with E-state index in [-0.39, 0.29) is 23.6 Å². The summed E-state index contributed by atoms with van der Waals surface area (Å²) in [5.41, 5.74) is 3.89. The lowest BCUT2D eigenvalue weighted by Crippen LogP contribution is -2.16. The third-order valence-corrected chi connectivity index (χ3v) is 5.10. The second-order valence-corrected chi connectivity index (χ2v) is 7.24. The molecule has 1 unspecified atom stereocenters. The minimum atomic E-state index is -0.291. The molecule has 3 heterocycles. The Kier molecular flexibility index (Phi) is 6.08. The molecule has 154 valence electrons. The van der Waals surface area contributed by atoms with Crippen LogP contribution in [0, 0.1) is 5.82 Å². The van der Waals surface area contributed by atoms with Crippen molar-refractivity contribution >= 4 is 11.7 Å². The highest BCUT2D eigenvalue weighted by molar-refractivity contribution is 5.87. The predicted octanol–water partition coefficient (Wildman–Crippen LogP) is 4.93. The normalized spacial score (nSPS) is 11.8. The van der Waals surface area contributed by atoms with E-state index in [0.717, 1.165) is 22.3 Å². The average molecular weight is 412 g/mol. The van der Waals surface area contributed by atoms with Gasteiger partial charge < -0.3 is 5.32 Å². The Morgan fingerprint density at radius 2 is 1.32 bits per heavy atom. The molecule has 0 aliphatic rings.